The van der Waals surface area contributed by atoms with Crippen LogP contribution >= 0.6 is 0 Å². The molecule has 0 radical (unpaired) electrons. The Bertz CT molecular complexity index is 211. The second-order valence-corrected chi connectivity index (χ2v) is 5.12. The SMILES string of the molecule is COCCN1CCC(O[C@H]2C[C@H](OC)C2)CC1. The second kappa shape index (κ2) is 6.69. The predicted octanol–water partition coefficient (Wildman–Crippen LogP) is 1.29. The van der Waals surface area contributed by atoms with Crippen LogP contribution in [0.2, 0.25) is 0 Å². The van der Waals surface area contributed by atoms with E-state index < -0.39 is 0 Å². The van der Waals surface area contributed by atoms with Gasteiger partial charge in [-0.3, -0.25) is 0 Å². The molecule has 100 valence electrons. The van der Waals surface area contributed by atoms with Crippen LogP contribution in [-0.4, -0.2) is 63.7 Å². The highest BCUT2D eigenvalue weighted by atomic mass is 16.5. The number of ether oxygens (including phenoxy) is 3. The molecule has 1 saturated heterocycles. The molecule has 0 N–H and O–H groups in total. The van der Waals surface area contributed by atoms with Crippen molar-refractivity contribution in [2.75, 3.05) is 40.5 Å². The first-order valence-corrected chi connectivity index (χ1v) is 6.71. The van der Waals surface area contributed by atoms with Gasteiger partial charge in [-0.2, -0.15) is 0 Å². The topological polar surface area (TPSA) is 30.9 Å². The molecule has 2 fully saturated rings. The summed E-state index contributed by atoms with van der Waals surface area (Å²) in [6.45, 7) is 4.19. The summed E-state index contributed by atoms with van der Waals surface area (Å²) in [5.41, 5.74) is 0. The fourth-order valence-electron chi connectivity index (χ4n) is 2.58. The Labute approximate surface area is 104 Å². The van der Waals surface area contributed by atoms with Crippen LogP contribution in [0.25, 0.3) is 0 Å². The van der Waals surface area contributed by atoms with Gasteiger partial charge in [0.05, 0.1) is 24.9 Å². The minimum absolute atomic E-state index is 0.446. The van der Waals surface area contributed by atoms with Crippen molar-refractivity contribution >= 4 is 0 Å². The zero-order valence-electron chi connectivity index (χ0n) is 11.1. The summed E-state index contributed by atoms with van der Waals surface area (Å²) in [6, 6.07) is 0. The molecule has 0 aromatic carbocycles. The average Bonchev–Trinajstić information content (AvgIpc) is 2.32. The monoisotopic (exact) mass is 243 g/mol. The molecular weight excluding hydrogens is 218 g/mol. The number of piperidine rings is 1. The first-order chi connectivity index (χ1) is 8.31. The third kappa shape index (κ3) is 3.91. The maximum atomic E-state index is 6.07. The Hall–Kier alpha value is -0.160. The minimum Gasteiger partial charge on any atom is -0.383 e. The van der Waals surface area contributed by atoms with Crippen molar-refractivity contribution in [3.8, 4) is 0 Å². The van der Waals surface area contributed by atoms with Crippen molar-refractivity contribution in [1.82, 2.24) is 4.90 Å². The van der Waals surface area contributed by atoms with Gasteiger partial charge < -0.3 is 19.1 Å². The van der Waals surface area contributed by atoms with E-state index in [4.69, 9.17) is 14.2 Å². The van der Waals surface area contributed by atoms with E-state index in [1.165, 1.54) is 0 Å². The zero-order chi connectivity index (χ0) is 12.1. The van der Waals surface area contributed by atoms with Crippen LogP contribution in [0.4, 0.5) is 0 Å². The van der Waals surface area contributed by atoms with Crippen molar-refractivity contribution in [3.63, 3.8) is 0 Å². The molecule has 2 rings (SSSR count). The lowest BCUT2D eigenvalue weighted by molar-refractivity contribution is -0.126. The fraction of sp³-hybridized carbons (Fsp3) is 1.00. The Kier molecular flexibility index (Phi) is 5.22. The molecule has 4 nitrogen and oxygen atoms in total. The van der Waals surface area contributed by atoms with E-state index in [0.29, 0.717) is 18.3 Å². The molecule has 1 saturated carbocycles. The molecule has 0 spiro atoms. The van der Waals surface area contributed by atoms with E-state index in [2.05, 4.69) is 4.90 Å². The number of nitrogens with zero attached hydrogens (tertiary/aromatic N) is 1. The standard InChI is InChI=1S/C13H25NO3/c1-15-8-7-14-5-3-11(4-6-14)17-13-9-12(10-13)16-2/h11-13H,3-10H2,1-2H3/t12-,13-. The molecule has 0 unspecified atom stereocenters. The minimum atomic E-state index is 0.446. The van der Waals surface area contributed by atoms with Gasteiger partial charge in [0.2, 0.25) is 0 Å². The summed E-state index contributed by atoms with van der Waals surface area (Å²) in [4.78, 5) is 2.46. The molecule has 0 aromatic rings. The van der Waals surface area contributed by atoms with Crippen LogP contribution in [0.1, 0.15) is 25.7 Å². The van der Waals surface area contributed by atoms with Crippen LogP contribution in [-0.2, 0) is 14.2 Å². The molecule has 0 amide bonds. The van der Waals surface area contributed by atoms with Crippen LogP contribution in [0.3, 0.4) is 0 Å². The maximum absolute atomic E-state index is 6.07. The number of hydrogen-bond donors (Lipinski definition) is 0. The highest BCUT2D eigenvalue weighted by Gasteiger charge is 2.32. The van der Waals surface area contributed by atoms with Gasteiger partial charge in [0.25, 0.3) is 0 Å². The van der Waals surface area contributed by atoms with Crippen molar-refractivity contribution in [2.45, 2.75) is 44.0 Å². The Morgan fingerprint density at radius 3 is 2.29 bits per heavy atom. The van der Waals surface area contributed by atoms with Crippen LogP contribution in [0.15, 0.2) is 0 Å². The normalized spacial score (nSPS) is 31.4. The van der Waals surface area contributed by atoms with Crippen molar-refractivity contribution in [2.24, 2.45) is 0 Å². The molecular formula is C13H25NO3. The molecule has 0 aromatic heterocycles. The van der Waals surface area contributed by atoms with E-state index in [9.17, 15) is 0 Å². The van der Waals surface area contributed by atoms with Crippen LogP contribution in [0, 0.1) is 0 Å². The first-order valence-electron chi connectivity index (χ1n) is 6.71. The zero-order valence-corrected chi connectivity index (χ0v) is 11.1. The Balaban J connectivity index is 1.56. The van der Waals surface area contributed by atoms with E-state index in [1.54, 1.807) is 14.2 Å². The van der Waals surface area contributed by atoms with Gasteiger partial charge in [-0.15, -0.1) is 0 Å². The first kappa shape index (κ1) is 13.3. The summed E-state index contributed by atoms with van der Waals surface area (Å²) in [7, 11) is 3.55. The van der Waals surface area contributed by atoms with E-state index in [0.717, 1.165) is 51.9 Å². The molecule has 4 heteroatoms. The van der Waals surface area contributed by atoms with Crippen molar-refractivity contribution in [3.05, 3.63) is 0 Å². The molecule has 1 aliphatic carbocycles. The molecule has 0 bridgehead atoms. The fourth-order valence-corrected chi connectivity index (χ4v) is 2.58. The van der Waals surface area contributed by atoms with Gasteiger partial charge in [0.1, 0.15) is 0 Å². The third-order valence-electron chi connectivity index (χ3n) is 3.92. The molecule has 1 heterocycles. The lowest BCUT2D eigenvalue weighted by Gasteiger charge is -2.39. The number of methoxy groups -OCH3 is 2. The lowest BCUT2D eigenvalue weighted by Crippen LogP contribution is -2.43. The summed E-state index contributed by atoms with van der Waals surface area (Å²) < 4.78 is 16.4. The van der Waals surface area contributed by atoms with E-state index in [-0.39, 0.29) is 0 Å². The molecule has 2 aliphatic rings. The summed E-state index contributed by atoms with van der Waals surface area (Å²) in [6.07, 6.45) is 5.87. The van der Waals surface area contributed by atoms with Gasteiger partial charge in [0, 0.05) is 33.9 Å². The van der Waals surface area contributed by atoms with E-state index in [1.807, 2.05) is 0 Å². The molecule has 1 aliphatic heterocycles. The number of hydrogen-bond acceptors (Lipinski definition) is 4. The van der Waals surface area contributed by atoms with Gasteiger partial charge >= 0.3 is 0 Å². The lowest BCUT2D eigenvalue weighted by atomic mass is 9.91. The third-order valence-corrected chi connectivity index (χ3v) is 3.92. The molecule has 0 atom stereocenters. The number of likely N-dealkylation sites (tertiary alicyclic amines) is 1. The van der Waals surface area contributed by atoms with Gasteiger partial charge in [0.15, 0.2) is 0 Å². The van der Waals surface area contributed by atoms with Crippen molar-refractivity contribution in [1.29, 1.82) is 0 Å². The average molecular weight is 243 g/mol. The van der Waals surface area contributed by atoms with Gasteiger partial charge in [-0.1, -0.05) is 0 Å². The smallest absolute Gasteiger partial charge is 0.0628 e. The second-order valence-electron chi connectivity index (χ2n) is 5.12. The predicted molar refractivity (Wildman–Crippen MR) is 66.2 cm³/mol. The van der Waals surface area contributed by atoms with E-state index >= 15 is 0 Å². The van der Waals surface area contributed by atoms with Gasteiger partial charge in [-0.25, -0.2) is 0 Å². The highest BCUT2D eigenvalue weighted by Crippen LogP contribution is 2.28. The van der Waals surface area contributed by atoms with Gasteiger partial charge in [-0.05, 0) is 25.7 Å². The van der Waals surface area contributed by atoms with Crippen LogP contribution in [0.5, 0.6) is 0 Å². The maximum Gasteiger partial charge on any atom is 0.0628 e. The molecule has 17 heavy (non-hydrogen) atoms. The van der Waals surface area contributed by atoms with Crippen LogP contribution < -0.4 is 0 Å². The number of rotatable bonds is 6. The summed E-state index contributed by atoms with van der Waals surface area (Å²) >= 11 is 0. The summed E-state index contributed by atoms with van der Waals surface area (Å²) in [5, 5.41) is 0. The Morgan fingerprint density at radius 1 is 1.00 bits per heavy atom. The summed E-state index contributed by atoms with van der Waals surface area (Å²) in [5.74, 6) is 0. The Morgan fingerprint density at radius 2 is 1.71 bits per heavy atom. The largest absolute Gasteiger partial charge is 0.383 e. The highest BCUT2D eigenvalue weighted by molar-refractivity contribution is 4.83. The van der Waals surface area contributed by atoms with Crippen molar-refractivity contribution < 1.29 is 14.2 Å². The quantitative estimate of drug-likeness (QED) is 0.703.